The van der Waals surface area contributed by atoms with Crippen molar-refractivity contribution in [3.05, 3.63) is 108 Å². The molecule has 3 aromatic rings. The van der Waals surface area contributed by atoms with Gasteiger partial charge < -0.3 is 9.47 Å². The van der Waals surface area contributed by atoms with Gasteiger partial charge in [0.15, 0.2) is 6.10 Å². The average molecular weight is 332 g/mol. The molecule has 126 valence electrons. The number of ether oxygens (including phenoxy) is 2. The molecule has 3 aromatic carbocycles. The SMILES string of the molecule is O=C(OCc1ccccc1)[C@@H](OCc1ccccc1)c1ccccc1. The summed E-state index contributed by atoms with van der Waals surface area (Å²) in [7, 11) is 0. The molecule has 0 aliphatic heterocycles. The molecule has 0 radical (unpaired) electrons. The third-order valence-corrected chi connectivity index (χ3v) is 3.80. The molecule has 3 rings (SSSR count). The van der Waals surface area contributed by atoms with E-state index in [0.717, 1.165) is 16.7 Å². The molecule has 0 amide bonds. The Kier molecular flexibility index (Phi) is 5.96. The van der Waals surface area contributed by atoms with E-state index in [-0.39, 0.29) is 12.6 Å². The number of esters is 1. The highest BCUT2D eigenvalue weighted by Crippen LogP contribution is 2.21. The van der Waals surface area contributed by atoms with Gasteiger partial charge in [0.1, 0.15) is 6.61 Å². The molecule has 0 saturated heterocycles. The van der Waals surface area contributed by atoms with Gasteiger partial charge in [-0.1, -0.05) is 91.0 Å². The number of benzene rings is 3. The van der Waals surface area contributed by atoms with Gasteiger partial charge in [0.2, 0.25) is 0 Å². The Morgan fingerprint density at radius 3 is 1.72 bits per heavy atom. The van der Waals surface area contributed by atoms with E-state index in [1.807, 2.05) is 91.0 Å². The maximum absolute atomic E-state index is 12.6. The van der Waals surface area contributed by atoms with E-state index >= 15 is 0 Å². The van der Waals surface area contributed by atoms with Crippen molar-refractivity contribution in [1.82, 2.24) is 0 Å². The van der Waals surface area contributed by atoms with Gasteiger partial charge in [0, 0.05) is 0 Å². The second kappa shape index (κ2) is 8.81. The molecule has 0 unspecified atom stereocenters. The van der Waals surface area contributed by atoms with Gasteiger partial charge in [0.25, 0.3) is 0 Å². The van der Waals surface area contributed by atoms with Crippen LogP contribution in [0.15, 0.2) is 91.0 Å². The molecule has 0 aromatic heterocycles. The van der Waals surface area contributed by atoms with Crippen molar-refractivity contribution < 1.29 is 14.3 Å². The lowest BCUT2D eigenvalue weighted by Crippen LogP contribution is -2.19. The molecule has 0 fully saturated rings. The Hall–Kier alpha value is -2.91. The topological polar surface area (TPSA) is 35.5 Å². The lowest BCUT2D eigenvalue weighted by molar-refractivity contribution is -0.160. The second-order valence-electron chi connectivity index (χ2n) is 5.68. The van der Waals surface area contributed by atoms with Crippen molar-refractivity contribution in [2.24, 2.45) is 0 Å². The summed E-state index contributed by atoms with van der Waals surface area (Å²) in [5.41, 5.74) is 2.75. The Balaban J connectivity index is 1.68. The Morgan fingerprint density at radius 1 is 0.680 bits per heavy atom. The summed E-state index contributed by atoms with van der Waals surface area (Å²) in [4.78, 5) is 12.6. The minimum absolute atomic E-state index is 0.234. The third kappa shape index (κ3) is 5.03. The van der Waals surface area contributed by atoms with Crippen LogP contribution in [0.25, 0.3) is 0 Å². The summed E-state index contributed by atoms with van der Waals surface area (Å²) in [5, 5.41) is 0. The van der Waals surface area contributed by atoms with Crippen LogP contribution in [0.4, 0.5) is 0 Å². The maximum atomic E-state index is 12.6. The highest BCUT2D eigenvalue weighted by Gasteiger charge is 2.23. The van der Waals surface area contributed by atoms with Gasteiger partial charge in [-0.15, -0.1) is 0 Å². The lowest BCUT2D eigenvalue weighted by atomic mass is 10.1. The summed E-state index contributed by atoms with van der Waals surface area (Å²) >= 11 is 0. The van der Waals surface area contributed by atoms with Crippen LogP contribution < -0.4 is 0 Å². The number of carbonyl (C=O) groups is 1. The van der Waals surface area contributed by atoms with Crippen molar-refractivity contribution in [1.29, 1.82) is 0 Å². The van der Waals surface area contributed by atoms with Crippen LogP contribution in [0.5, 0.6) is 0 Å². The van der Waals surface area contributed by atoms with Crippen LogP contribution in [0.2, 0.25) is 0 Å². The molecular weight excluding hydrogens is 312 g/mol. The van der Waals surface area contributed by atoms with Gasteiger partial charge in [0.05, 0.1) is 6.61 Å². The number of rotatable bonds is 7. The van der Waals surface area contributed by atoms with E-state index < -0.39 is 6.10 Å². The first-order valence-corrected chi connectivity index (χ1v) is 8.24. The molecule has 3 nitrogen and oxygen atoms in total. The van der Waals surface area contributed by atoms with Gasteiger partial charge in [-0.2, -0.15) is 0 Å². The van der Waals surface area contributed by atoms with Gasteiger partial charge >= 0.3 is 5.97 Å². The van der Waals surface area contributed by atoms with Crippen LogP contribution in [-0.4, -0.2) is 5.97 Å². The normalized spacial score (nSPS) is 11.7. The zero-order valence-electron chi connectivity index (χ0n) is 13.9. The van der Waals surface area contributed by atoms with Crippen LogP contribution >= 0.6 is 0 Å². The monoisotopic (exact) mass is 332 g/mol. The third-order valence-electron chi connectivity index (χ3n) is 3.80. The molecular formula is C22H20O3. The van der Waals surface area contributed by atoms with E-state index in [4.69, 9.17) is 9.47 Å². The standard InChI is InChI=1S/C22H20O3/c23-22(25-17-19-12-6-2-7-13-19)21(20-14-8-3-9-15-20)24-16-18-10-4-1-5-11-18/h1-15,21H,16-17H2/t21-/m0/s1. The van der Waals surface area contributed by atoms with Crippen LogP contribution in [-0.2, 0) is 27.5 Å². The fourth-order valence-electron chi connectivity index (χ4n) is 2.49. The Bertz CT molecular complexity index is 770. The predicted molar refractivity (Wildman–Crippen MR) is 96.7 cm³/mol. The van der Waals surface area contributed by atoms with Crippen molar-refractivity contribution in [2.75, 3.05) is 0 Å². The van der Waals surface area contributed by atoms with Crippen molar-refractivity contribution in [3.8, 4) is 0 Å². The minimum atomic E-state index is -0.745. The van der Waals surface area contributed by atoms with Crippen molar-refractivity contribution in [3.63, 3.8) is 0 Å². The molecule has 0 saturated carbocycles. The van der Waals surface area contributed by atoms with Gasteiger partial charge in [-0.25, -0.2) is 4.79 Å². The summed E-state index contributed by atoms with van der Waals surface area (Å²) in [6.45, 7) is 0.582. The first-order chi connectivity index (χ1) is 12.3. The maximum Gasteiger partial charge on any atom is 0.340 e. The molecule has 1 atom stereocenters. The molecule has 0 N–H and O–H groups in total. The molecule has 0 spiro atoms. The van der Waals surface area contributed by atoms with Crippen molar-refractivity contribution >= 4 is 5.97 Å². The van der Waals surface area contributed by atoms with Crippen LogP contribution in [0.3, 0.4) is 0 Å². The van der Waals surface area contributed by atoms with Crippen LogP contribution in [0.1, 0.15) is 22.8 Å². The van der Waals surface area contributed by atoms with Crippen molar-refractivity contribution in [2.45, 2.75) is 19.3 Å². The van der Waals surface area contributed by atoms with E-state index in [1.165, 1.54) is 0 Å². The fourth-order valence-corrected chi connectivity index (χ4v) is 2.49. The second-order valence-corrected chi connectivity index (χ2v) is 5.68. The smallest absolute Gasteiger partial charge is 0.340 e. The molecule has 25 heavy (non-hydrogen) atoms. The predicted octanol–water partition coefficient (Wildman–Crippen LogP) is 4.69. The largest absolute Gasteiger partial charge is 0.459 e. The first kappa shape index (κ1) is 16.9. The highest BCUT2D eigenvalue weighted by molar-refractivity contribution is 5.76. The summed E-state index contributed by atoms with van der Waals surface area (Å²) < 4.78 is 11.4. The quantitative estimate of drug-likeness (QED) is 0.589. The summed E-state index contributed by atoms with van der Waals surface area (Å²) in [6, 6.07) is 28.8. The zero-order valence-corrected chi connectivity index (χ0v) is 13.9. The number of carbonyl (C=O) groups excluding carboxylic acids is 1. The van der Waals surface area contributed by atoms with E-state index in [0.29, 0.717) is 6.61 Å². The molecule has 0 aliphatic carbocycles. The molecule has 0 heterocycles. The van der Waals surface area contributed by atoms with E-state index in [9.17, 15) is 4.79 Å². The fraction of sp³-hybridized carbons (Fsp3) is 0.136. The van der Waals surface area contributed by atoms with E-state index in [1.54, 1.807) is 0 Å². The lowest BCUT2D eigenvalue weighted by Gasteiger charge is -2.17. The Labute approximate surface area is 147 Å². The number of hydrogen-bond donors (Lipinski definition) is 0. The molecule has 3 heteroatoms. The Morgan fingerprint density at radius 2 is 1.16 bits per heavy atom. The highest BCUT2D eigenvalue weighted by atomic mass is 16.6. The molecule has 0 bridgehead atoms. The van der Waals surface area contributed by atoms with Gasteiger partial charge in [-0.05, 0) is 16.7 Å². The van der Waals surface area contributed by atoms with Crippen LogP contribution in [0, 0.1) is 0 Å². The summed E-state index contributed by atoms with van der Waals surface area (Å²) in [5.74, 6) is -0.383. The average Bonchev–Trinajstić information content (AvgIpc) is 2.69. The number of hydrogen-bond acceptors (Lipinski definition) is 3. The summed E-state index contributed by atoms with van der Waals surface area (Å²) in [6.07, 6.45) is -0.745. The molecule has 0 aliphatic rings. The zero-order chi connectivity index (χ0) is 17.3. The van der Waals surface area contributed by atoms with E-state index in [2.05, 4.69) is 0 Å². The van der Waals surface area contributed by atoms with Gasteiger partial charge in [-0.3, -0.25) is 0 Å². The first-order valence-electron chi connectivity index (χ1n) is 8.24. The minimum Gasteiger partial charge on any atom is -0.459 e.